The van der Waals surface area contributed by atoms with E-state index in [9.17, 15) is 4.79 Å². The quantitative estimate of drug-likeness (QED) is 0.686. The predicted molar refractivity (Wildman–Crippen MR) is 50.9 cm³/mol. The molecule has 1 aromatic heterocycles. The smallest absolute Gasteiger partial charge is 0.266 e. The monoisotopic (exact) mass is 204 g/mol. The highest BCUT2D eigenvalue weighted by atomic mass is 35.5. The van der Waals surface area contributed by atoms with Crippen molar-refractivity contribution in [1.82, 2.24) is 9.78 Å². The Bertz CT molecular complexity index is 337. The number of rotatable bonds is 2. The normalized spacial score (nSPS) is 10.2. The number of aromatic nitrogens is 2. The first-order valence-corrected chi connectivity index (χ1v) is 4.87. The Kier molecular flexibility index (Phi) is 3.17. The van der Waals surface area contributed by atoms with Gasteiger partial charge in [0, 0.05) is 7.05 Å². The van der Waals surface area contributed by atoms with Crippen molar-refractivity contribution in [1.29, 1.82) is 0 Å². The Morgan fingerprint density at radius 1 is 1.75 bits per heavy atom. The number of hydrogen-bond donors (Lipinski definition) is 0. The molecule has 0 radical (unpaired) electrons. The first kappa shape index (κ1) is 9.61. The van der Waals surface area contributed by atoms with Crippen molar-refractivity contribution < 1.29 is 0 Å². The van der Waals surface area contributed by atoms with Crippen LogP contribution in [-0.4, -0.2) is 15.5 Å². The Labute approximate surface area is 79.7 Å². The van der Waals surface area contributed by atoms with E-state index in [4.69, 9.17) is 11.6 Å². The van der Waals surface area contributed by atoms with Gasteiger partial charge in [0.2, 0.25) is 0 Å². The van der Waals surface area contributed by atoms with Gasteiger partial charge in [0.15, 0.2) is 0 Å². The molecule has 0 saturated carbocycles. The maximum atomic E-state index is 11.4. The van der Waals surface area contributed by atoms with E-state index in [1.165, 1.54) is 22.6 Å². The molecular weight excluding hydrogens is 196 g/mol. The van der Waals surface area contributed by atoms with Gasteiger partial charge in [-0.1, -0.05) is 18.5 Å². The highest BCUT2D eigenvalue weighted by Gasteiger charge is 2.06. The molecule has 0 fully saturated rings. The third-order valence-electron chi connectivity index (χ3n) is 1.34. The van der Waals surface area contributed by atoms with Gasteiger partial charge in [0.25, 0.3) is 5.56 Å². The second kappa shape index (κ2) is 3.96. The molecule has 0 unspecified atom stereocenters. The zero-order chi connectivity index (χ0) is 9.14. The molecule has 1 aromatic rings. The van der Waals surface area contributed by atoms with E-state index >= 15 is 0 Å². The van der Waals surface area contributed by atoms with E-state index in [0.717, 1.165) is 5.75 Å². The van der Waals surface area contributed by atoms with Crippen LogP contribution < -0.4 is 5.56 Å². The van der Waals surface area contributed by atoms with E-state index in [2.05, 4.69) is 5.10 Å². The van der Waals surface area contributed by atoms with E-state index in [1.54, 1.807) is 7.05 Å². The van der Waals surface area contributed by atoms with Gasteiger partial charge in [0.1, 0.15) is 0 Å². The lowest BCUT2D eigenvalue weighted by atomic mass is 10.6. The Hall–Kier alpha value is -0.480. The summed E-state index contributed by atoms with van der Waals surface area (Å²) in [4.78, 5) is 12.0. The summed E-state index contributed by atoms with van der Waals surface area (Å²) >= 11 is 7.22. The minimum atomic E-state index is -0.130. The van der Waals surface area contributed by atoms with E-state index in [-0.39, 0.29) is 5.56 Å². The van der Waals surface area contributed by atoms with Gasteiger partial charge < -0.3 is 0 Å². The van der Waals surface area contributed by atoms with Gasteiger partial charge in [-0.15, -0.1) is 11.8 Å². The van der Waals surface area contributed by atoms with Crippen LogP contribution in [0.15, 0.2) is 15.9 Å². The van der Waals surface area contributed by atoms with Gasteiger partial charge in [-0.2, -0.15) is 5.10 Å². The number of nitrogens with zero attached hydrogens (tertiary/aromatic N) is 2. The van der Waals surface area contributed by atoms with Crippen LogP contribution >= 0.6 is 23.4 Å². The first-order chi connectivity index (χ1) is 5.66. The van der Waals surface area contributed by atoms with Crippen LogP contribution in [0.4, 0.5) is 0 Å². The molecule has 3 nitrogen and oxygen atoms in total. The van der Waals surface area contributed by atoms with Crippen molar-refractivity contribution in [2.45, 2.75) is 11.8 Å². The molecule has 0 atom stereocenters. The molecule has 1 heterocycles. The molecule has 0 aliphatic carbocycles. The zero-order valence-corrected chi connectivity index (χ0v) is 8.45. The first-order valence-electron chi connectivity index (χ1n) is 3.51. The Morgan fingerprint density at radius 2 is 2.42 bits per heavy atom. The average molecular weight is 205 g/mol. The molecule has 0 aliphatic rings. The van der Waals surface area contributed by atoms with Crippen molar-refractivity contribution >= 4 is 23.4 Å². The van der Waals surface area contributed by atoms with Gasteiger partial charge in [-0.25, -0.2) is 4.68 Å². The van der Waals surface area contributed by atoms with Crippen molar-refractivity contribution in [3.8, 4) is 0 Å². The Morgan fingerprint density at radius 3 is 3.00 bits per heavy atom. The lowest BCUT2D eigenvalue weighted by Crippen LogP contribution is -2.20. The lowest BCUT2D eigenvalue weighted by molar-refractivity contribution is 0.688. The summed E-state index contributed by atoms with van der Waals surface area (Å²) in [6.07, 6.45) is 1.49. The summed E-state index contributed by atoms with van der Waals surface area (Å²) in [6, 6.07) is 0. The number of halogens is 1. The molecule has 12 heavy (non-hydrogen) atoms. The molecule has 1 rings (SSSR count). The fraction of sp³-hybridized carbons (Fsp3) is 0.429. The third-order valence-corrected chi connectivity index (χ3v) is 2.71. The summed E-state index contributed by atoms with van der Waals surface area (Å²) in [5.41, 5.74) is -0.130. The molecule has 0 spiro atoms. The fourth-order valence-corrected chi connectivity index (χ4v) is 1.80. The summed E-state index contributed by atoms with van der Waals surface area (Å²) in [5, 5.41) is 4.22. The van der Waals surface area contributed by atoms with Crippen LogP contribution in [0.25, 0.3) is 0 Å². The van der Waals surface area contributed by atoms with E-state index in [1.807, 2.05) is 6.92 Å². The number of aryl methyl sites for hydroxylation is 1. The van der Waals surface area contributed by atoms with Crippen LogP contribution in [0.5, 0.6) is 0 Å². The van der Waals surface area contributed by atoms with Gasteiger partial charge in [-0.05, 0) is 5.75 Å². The maximum Gasteiger partial charge on any atom is 0.281 e. The van der Waals surface area contributed by atoms with E-state index in [0.29, 0.717) is 9.92 Å². The Balaban J connectivity index is 3.24. The minimum absolute atomic E-state index is 0.130. The lowest BCUT2D eigenvalue weighted by Gasteiger charge is -2.01. The highest BCUT2D eigenvalue weighted by Crippen LogP contribution is 2.21. The van der Waals surface area contributed by atoms with Crippen LogP contribution in [-0.2, 0) is 7.05 Å². The van der Waals surface area contributed by atoms with Crippen molar-refractivity contribution in [3.63, 3.8) is 0 Å². The molecule has 0 amide bonds. The highest BCUT2D eigenvalue weighted by molar-refractivity contribution is 7.99. The van der Waals surface area contributed by atoms with Gasteiger partial charge in [-0.3, -0.25) is 4.79 Å². The van der Waals surface area contributed by atoms with Crippen LogP contribution in [0, 0.1) is 0 Å². The SMILES string of the molecule is CCSc1c(Cl)cnn(C)c1=O. The largest absolute Gasteiger partial charge is 0.281 e. The van der Waals surface area contributed by atoms with Crippen molar-refractivity contribution in [3.05, 3.63) is 21.6 Å². The van der Waals surface area contributed by atoms with Crippen molar-refractivity contribution in [2.75, 3.05) is 5.75 Å². The summed E-state index contributed by atoms with van der Waals surface area (Å²) in [7, 11) is 1.61. The number of hydrogen-bond acceptors (Lipinski definition) is 3. The minimum Gasteiger partial charge on any atom is -0.266 e. The zero-order valence-electron chi connectivity index (χ0n) is 6.87. The standard InChI is InChI=1S/C7H9ClN2OS/c1-3-12-6-5(8)4-9-10(2)7(6)11/h4H,3H2,1-2H3. The molecule has 66 valence electrons. The molecule has 5 heteroatoms. The second-order valence-corrected chi connectivity index (χ2v) is 3.86. The third kappa shape index (κ3) is 1.81. The summed E-state index contributed by atoms with van der Waals surface area (Å²) < 4.78 is 1.28. The maximum absolute atomic E-state index is 11.4. The molecule has 0 aromatic carbocycles. The molecule has 0 saturated heterocycles. The summed E-state index contributed by atoms with van der Waals surface area (Å²) in [6.45, 7) is 1.97. The predicted octanol–water partition coefficient (Wildman–Crippen LogP) is 1.55. The molecule has 0 bridgehead atoms. The van der Waals surface area contributed by atoms with Crippen molar-refractivity contribution in [2.24, 2.45) is 7.05 Å². The summed E-state index contributed by atoms with van der Waals surface area (Å²) in [5.74, 6) is 0.832. The molecule has 0 N–H and O–H groups in total. The van der Waals surface area contributed by atoms with Gasteiger partial charge >= 0.3 is 0 Å². The fourth-order valence-electron chi connectivity index (χ4n) is 0.772. The average Bonchev–Trinajstić information content (AvgIpc) is 2.06. The van der Waals surface area contributed by atoms with Crippen LogP contribution in [0.1, 0.15) is 6.92 Å². The number of thioether (sulfide) groups is 1. The van der Waals surface area contributed by atoms with Gasteiger partial charge in [0.05, 0.1) is 16.1 Å². The van der Waals surface area contributed by atoms with Crippen LogP contribution in [0.2, 0.25) is 5.02 Å². The molecule has 0 aliphatic heterocycles. The van der Waals surface area contributed by atoms with Crippen LogP contribution in [0.3, 0.4) is 0 Å². The topological polar surface area (TPSA) is 34.9 Å². The second-order valence-electron chi connectivity index (χ2n) is 2.18. The van der Waals surface area contributed by atoms with E-state index < -0.39 is 0 Å². The molecular formula is C7H9ClN2OS.